The number of amides is 1. The molecule has 0 radical (unpaired) electrons. The Morgan fingerprint density at radius 1 is 0.840 bits per heavy atom. The minimum absolute atomic E-state index is 0.129. The molecular formula is C20H24N2O3. The van der Waals surface area contributed by atoms with E-state index in [0.717, 1.165) is 28.3 Å². The number of nitrogens with one attached hydrogen (secondary N) is 2. The van der Waals surface area contributed by atoms with Crippen LogP contribution in [0.2, 0.25) is 0 Å². The summed E-state index contributed by atoms with van der Waals surface area (Å²) in [5.74, 6) is 1.50. The van der Waals surface area contributed by atoms with E-state index in [1.165, 1.54) is 0 Å². The van der Waals surface area contributed by atoms with Crippen molar-refractivity contribution in [3.8, 4) is 11.5 Å². The summed E-state index contributed by atoms with van der Waals surface area (Å²) in [6.07, 6.45) is 1.56. The van der Waals surface area contributed by atoms with Crippen molar-refractivity contribution in [2.45, 2.75) is 20.0 Å². The lowest BCUT2D eigenvalue weighted by Gasteiger charge is -2.08. The first-order chi connectivity index (χ1) is 12.1. The first kappa shape index (κ1) is 18.4. The maximum atomic E-state index is 12.0. The predicted octanol–water partition coefficient (Wildman–Crippen LogP) is 3.01. The molecule has 2 aromatic rings. The molecule has 2 N–H and O–H groups in total. The number of hydrogen-bond acceptors (Lipinski definition) is 4. The second-order valence-corrected chi connectivity index (χ2v) is 5.59. The number of benzene rings is 2. The monoisotopic (exact) mass is 340 g/mol. The Hall–Kier alpha value is -2.95. The van der Waals surface area contributed by atoms with E-state index in [1.54, 1.807) is 20.3 Å². The van der Waals surface area contributed by atoms with Crippen molar-refractivity contribution in [1.29, 1.82) is 0 Å². The maximum Gasteiger partial charge on any atom is 0.245 e. The lowest BCUT2D eigenvalue weighted by atomic mass is 10.2. The molecule has 0 saturated heterocycles. The number of ether oxygens (including phenoxy) is 2. The van der Waals surface area contributed by atoms with Crippen LogP contribution >= 0.6 is 0 Å². The van der Waals surface area contributed by atoms with Gasteiger partial charge in [0.25, 0.3) is 0 Å². The molecule has 0 heterocycles. The molecule has 132 valence electrons. The zero-order valence-corrected chi connectivity index (χ0v) is 14.8. The van der Waals surface area contributed by atoms with Gasteiger partial charge in [-0.3, -0.25) is 4.79 Å². The van der Waals surface area contributed by atoms with E-state index in [4.69, 9.17) is 9.47 Å². The van der Waals surface area contributed by atoms with E-state index >= 15 is 0 Å². The Balaban J connectivity index is 1.78. The van der Waals surface area contributed by atoms with Crippen LogP contribution in [0.25, 0.3) is 0 Å². The number of methoxy groups -OCH3 is 2. The maximum absolute atomic E-state index is 12.0. The Morgan fingerprint density at radius 2 is 1.28 bits per heavy atom. The van der Waals surface area contributed by atoms with Crippen LogP contribution in [0.5, 0.6) is 11.5 Å². The molecule has 0 aliphatic rings. The van der Waals surface area contributed by atoms with Crippen LogP contribution in [-0.4, -0.2) is 20.1 Å². The molecule has 2 aromatic carbocycles. The van der Waals surface area contributed by atoms with E-state index in [9.17, 15) is 4.79 Å². The molecule has 0 aliphatic carbocycles. The summed E-state index contributed by atoms with van der Waals surface area (Å²) < 4.78 is 10.2. The van der Waals surface area contributed by atoms with Gasteiger partial charge in [0.15, 0.2) is 0 Å². The first-order valence-electron chi connectivity index (χ1n) is 8.06. The van der Waals surface area contributed by atoms with Crippen LogP contribution in [0, 0.1) is 0 Å². The first-order valence-corrected chi connectivity index (χ1v) is 8.06. The van der Waals surface area contributed by atoms with Crippen molar-refractivity contribution >= 4 is 5.91 Å². The second-order valence-electron chi connectivity index (χ2n) is 5.59. The zero-order valence-electron chi connectivity index (χ0n) is 14.8. The standard InChI is InChI=1S/C20H24N2O3/c1-15(21-13-16-4-8-18(24-2)9-5-16)12-20(23)22-14-17-6-10-19(25-3)11-7-17/h4-12,21H,13-14H2,1-3H3,(H,22,23)/b15-12-. The lowest BCUT2D eigenvalue weighted by Crippen LogP contribution is -2.22. The van der Waals surface area contributed by atoms with Gasteiger partial charge in [-0.1, -0.05) is 24.3 Å². The van der Waals surface area contributed by atoms with E-state index < -0.39 is 0 Å². The third kappa shape index (κ3) is 6.22. The van der Waals surface area contributed by atoms with Crippen molar-refractivity contribution < 1.29 is 14.3 Å². The molecule has 0 bridgehead atoms. The van der Waals surface area contributed by atoms with Crippen LogP contribution in [-0.2, 0) is 17.9 Å². The van der Waals surface area contributed by atoms with Crippen molar-refractivity contribution in [2.75, 3.05) is 14.2 Å². The quantitative estimate of drug-likeness (QED) is 0.725. The fourth-order valence-electron chi connectivity index (χ4n) is 2.22. The third-order valence-electron chi connectivity index (χ3n) is 3.70. The molecule has 5 heteroatoms. The van der Waals surface area contributed by atoms with E-state index in [2.05, 4.69) is 10.6 Å². The highest BCUT2D eigenvalue weighted by molar-refractivity contribution is 5.87. The van der Waals surface area contributed by atoms with Gasteiger partial charge in [-0.25, -0.2) is 0 Å². The van der Waals surface area contributed by atoms with Crippen LogP contribution < -0.4 is 20.1 Å². The SMILES string of the molecule is COc1ccc(CNC(=O)/C=C(/C)NCc2ccc(OC)cc2)cc1. The average Bonchev–Trinajstić information content (AvgIpc) is 2.65. The molecule has 0 aromatic heterocycles. The second kappa shape index (κ2) is 9.37. The minimum Gasteiger partial charge on any atom is -0.497 e. The Bertz CT molecular complexity index is 707. The van der Waals surface area contributed by atoms with Crippen LogP contribution in [0.3, 0.4) is 0 Å². The van der Waals surface area contributed by atoms with Gasteiger partial charge in [0.2, 0.25) is 5.91 Å². The molecule has 2 rings (SSSR count). The zero-order chi connectivity index (χ0) is 18.1. The molecule has 0 spiro atoms. The highest BCUT2D eigenvalue weighted by Crippen LogP contribution is 2.12. The summed E-state index contributed by atoms with van der Waals surface area (Å²) >= 11 is 0. The summed E-state index contributed by atoms with van der Waals surface area (Å²) in [6.45, 7) is 3.00. The molecule has 0 unspecified atom stereocenters. The smallest absolute Gasteiger partial charge is 0.245 e. The molecule has 1 amide bonds. The minimum atomic E-state index is -0.129. The van der Waals surface area contributed by atoms with E-state index in [0.29, 0.717) is 13.1 Å². The molecule has 0 saturated carbocycles. The van der Waals surface area contributed by atoms with Crippen LogP contribution in [0.15, 0.2) is 60.3 Å². The summed E-state index contributed by atoms with van der Waals surface area (Å²) in [7, 11) is 3.27. The van der Waals surface area contributed by atoms with E-state index in [-0.39, 0.29) is 5.91 Å². The molecule has 0 aliphatic heterocycles. The highest BCUT2D eigenvalue weighted by atomic mass is 16.5. The van der Waals surface area contributed by atoms with Gasteiger partial charge in [-0.2, -0.15) is 0 Å². The van der Waals surface area contributed by atoms with Crippen molar-refractivity contribution in [2.24, 2.45) is 0 Å². The molecule has 5 nitrogen and oxygen atoms in total. The van der Waals surface area contributed by atoms with Gasteiger partial charge in [-0.15, -0.1) is 0 Å². The third-order valence-corrected chi connectivity index (χ3v) is 3.70. The fraction of sp³-hybridized carbons (Fsp3) is 0.250. The summed E-state index contributed by atoms with van der Waals surface area (Å²) in [5, 5.41) is 6.09. The van der Waals surface area contributed by atoms with Crippen molar-refractivity contribution in [3.05, 3.63) is 71.4 Å². The van der Waals surface area contributed by atoms with Gasteiger partial charge in [0.05, 0.1) is 14.2 Å². The molecule has 0 fully saturated rings. The Labute approximate surface area is 148 Å². The summed E-state index contributed by atoms with van der Waals surface area (Å²) in [6, 6.07) is 15.4. The number of rotatable bonds is 8. The normalized spacial score (nSPS) is 10.9. The lowest BCUT2D eigenvalue weighted by molar-refractivity contribution is -0.116. The van der Waals surface area contributed by atoms with Gasteiger partial charge in [-0.05, 0) is 42.3 Å². The van der Waals surface area contributed by atoms with Crippen molar-refractivity contribution in [3.63, 3.8) is 0 Å². The van der Waals surface area contributed by atoms with Crippen LogP contribution in [0.4, 0.5) is 0 Å². The summed E-state index contributed by atoms with van der Waals surface area (Å²) in [4.78, 5) is 12.0. The average molecular weight is 340 g/mol. The largest absolute Gasteiger partial charge is 0.497 e. The molecule has 0 atom stereocenters. The Morgan fingerprint density at radius 3 is 1.72 bits per heavy atom. The Kier molecular flexibility index (Phi) is 6.89. The number of carbonyl (C=O) groups is 1. The van der Waals surface area contributed by atoms with Gasteiger partial charge in [0.1, 0.15) is 11.5 Å². The number of allylic oxidation sites excluding steroid dienone is 1. The predicted molar refractivity (Wildman–Crippen MR) is 98.4 cm³/mol. The molecular weight excluding hydrogens is 316 g/mol. The van der Waals surface area contributed by atoms with E-state index in [1.807, 2.05) is 55.5 Å². The molecule has 25 heavy (non-hydrogen) atoms. The topological polar surface area (TPSA) is 59.6 Å². The van der Waals surface area contributed by atoms with Gasteiger partial charge >= 0.3 is 0 Å². The number of hydrogen-bond donors (Lipinski definition) is 2. The highest BCUT2D eigenvalue weighted by Gasteiger charge is 2.00. The fourth-order valence-corrected chi connectivity index (χ4v) is 2.22. The van der Waals surface area contributed by atoms with Gasteiger partial charge in [0, 0.05) is 24.9 Å². The van der Waals surface area contributed by atoms with Crippen molar-refractivity contribution in [1.82, 2.24) is 10.6 Å². The van der Waals surface area contributed by atoms with Gasteiger partial charge < -0.3 is 20.1 Å². The summed E-state index contributed by atoms with van der Waals surface area (Å²) in [5.41, 5.74) is 2.95. The number of carbonyl (C=O) groups excluding carboxylic acids is 1. The van der Waals surface area contributed by atoms with Crippen LogP contribution in [0.1, 0.15) is 18.1 Å².